The number of halogens is 1. The average molecular weight is 409 g/mol. The van der Waals surface area contributed by atoms with Crippen LogP contribution in [0.25, 0.3) is 0 Å². The van der Waals surface area contributed by atoms with Crippen LogP contribution in [0.4, 0.5) is 0 Å². The van der Waals surface area contributed by atoms with Crippen LogP contribution in [-0.4, -0.2) is 38.5 Å². The van der Waals surface area contributed by atoms with E-state index in [1.807, 2.05) is 42.5 Å². The minimum Gasteiger partial charge on any atom is -0.493 e. The quantitative estimate of drug-likeness (QED) is 0.499. The van der Waals surface area contributed by atoms with E-state index in [1.54, 1.807) is 7.11 Å². The molecule has 25 heavy (non-hydrogen) atoms. The molecule has 2 rings (SSSR count). The number of methoxy groups -OCH3 is 1. The molecule has 136 valence electrons. The molecule has 0 heterocycles. The van der Waals surface area contributed by atoms with Gasteiger partial charge in [0, 0.05) is 26.2 Å². The molecule has 5 nitrogen and oxygen atoms in total. The molecular weight excluding hydrogens is 384 g/mol. The lowest BCUT2D eigenvalue weighted by molar-refractivity contribution is 0.282. The maximum Gasteiger partial charge on any atom is 0.175 e. The van der Waals surface area contributed by atoms with Crippen molar-refractivity contribution in [2.75, 3.05) is 33.4 Å². The van der Waals surface area contributed by atoms with Crippen LogP contribution in [-0.2, 0) is 13.2 Å². The SMILES string of the molecule is COc1cc(CNCCNCCO)cc(Br)c1OCc1ccccc1. The van der Waals surface area contributed by atoms with Gasteiger partial charge in [0.2, 0.25) is 0 Å². The van der Waals surface area contributed by atoms with Crippen LogP contribution in [0.3, 0.4) is 0 Å². The molecule has 0 amide bonds. The van der Waals surface area contributed by atoms with Crippen molar-refractivity contribution >= 4 is 15.9 Å². The van der Waals surface area contributed by atoms with Crippen molar-refractivity contribution in [1.82, 2.24) is 10.6 Å². The van der Waals surface area contributed by atoms with Gasteiger partial charge in [0.05, 0.1) is 18.2 Å². The van der Waals surface area contributed by atoms with E-state index in [2.05, 4.69) is 26.6 Å². The molecule has 0 saturated carbocycles. The monoisotopic (exact) mass is 408 g/mol. The van der Waals surface area contributed by atoms with Gasteiger partial charge in [-0.1, -0.05) is 30.3 Å². The summed E-state index contributed by atoms with van der Waals surface area (Å²) < 4.78 is 12.3. The second kappa shape index (κ2) is 11.1. The molecule has 0 aliphatic carbocycles. The second-order valence-electron chi connectivity index (χ2n) is 5.53. The van der Waals surface area contributed by atoms with Crippen molar-refractivity contribution in [1.29, 1.82) is 0 Å². The Hall–Kier alpha value is -1.60. The first-order valence-electron chi connectivity index (χ1n) is 8.30. The molecule has 0 saturated heterocycles. The van der Waals surface area contributed by atoms with Gasteiger partial charge in [-0.3, -0.25) is 0 Å². The number of nitrogens with one attached hydrogen (secondary N) is 2. The number of hydrogen-bond donors (Lipinski definition) is 3. The van der Waals surface area contributed by atoms with Gasteiger partial charge in [-0.05, 0) is 39.2 Å². The maximum absolute atomic E-state index is 8.72. The van der Waals surface area contributed by atoms with Gasteiger partial charge in [-0.15, -0.1) is 0 Å². The van der Waals surface area contributed by atoms with Crippen LogP contribution >= 0.6 is 15.9 Å². The molecule has 6 heteroatoms. The Bertz CT molecular complexity index is 638. The Morgan fingerprint density at radius 3 is 2.48 bits per heavy atom. The molecule has 2 aromatic carbocycles. The zero-order chi connectivity index (χ0) is 17.9. The lowest BCUT2D eigenvalue weighted by Gasteiger charge is -2.15. The zero-order valence-electron chi connectivity index (χ0n) is 14.4. The van der Waals surface area contributed by atoms with Gasteiger partial charge < -0.3 is 25.2 Å². The van der Waals surface area contributed by atoms with Crippen LogP contribution in [0.2, 0.25) is 0 Å². The summed E-state index contributed by atoms with van der Waals surface area (Å²) in [6.45, 7) is 3.64. The predicted octanol–water partition coefficient (Wildman–Crippen LogP) is 2.71. The molecular formula is C19H25BrN2O3. The molecule has 2 aromatic rings. The highest BCUT2D eigenvalue weighted by atomic mass is 79.9. The first-order chi connectivity index (χ1) is 12.2. The van der Waals surface area contributed by atoms with Crippen molar-refractivity contribution in [3.63, 3.8) is 0 Å². The summed E-state index contributed by atoms with van der Waals surface area (Å²) in [5.41, 5.74) is 2.22. The molecule has 3 N–H and O–H groups in total. The van der Waals surface area contributed by atoms with Gasteiger partial charge >= 0.3 is 0 Å². The molecule has 0 aromatic heterocycles. The number of hydrogen-bond acceptors (Lipinski definition) is 5. The third kappa shape index (κ3) is 6.66. The first-order valence-corrected chi connectivity index (χ1v) is 9.09. The van der Waals surface area contributed by atoms with Crippen LogP contribution in [0.1, 0.15) is 11.1 Å². The standard InChI is InChI=1S/C19H25BrN2O3/c1-24-18-12-16(13-22-8-7-21-9-10-23)11-17(20)19(18)25-14-15-5-3-2-4-6-15/h2-6,11-12,21-23H,7-10,13-14H2,1H3. The lowest BCUT2D eigenvalue weighted by Crippen LogP contribution is -2.28. The van der Waals surface area contributed by atoms with Crippen LogP contribution < -0.4 is 20.1 Å². The summed E-state index contributed by atoms with van der Waals surface area (Å²) >= 11 is 3.58. The lowest BCUT2D eigenvalue weighted by atomic mass is 10.2. The highest BCUT2D eigenvalue weighted by Crippen LogP contribution is 2.37. The topological polar surface area (TPSA) is 62.8 Å². The fourth-order valence-corrected chi connectivity index (χ4v) is 2.96. The van der Waals surface area contributed by atoms with Gasteiger partial charge in [0.1, 0.15) is 6.61 Å². The van der Waals surface area contributed by atoms with Crippen molar-refractivity contribution in [3.8, 4) is 11.5 Å². The summed E-state index contributed by atoms with van der Waals surface area (Å²) in [5.74, 6) is 1.42. The minimum atomic E-state index is 0.161. The number of rotatable bonds is 11. The van der Waals surface area contributed by atoms with Crippen molar-refractivity contribution < 1.29 is 14.6 Å². The Kier molecular flexibility index (Phi) is 8.76. The molecule has 0 atom stereocenters. The van der Waals surface area contributed by atoms with Gasteiger partial charge in [0.15, 0.2) is 11.5 Å². The molecule has 0 unspecified atom stereocenters. The summed E-state index contributed by atoms with van der Waals surface area (Å²) in [4.78, 5) is 0. The largest absolute Gasteiger partial charge is 0.493 e. The molecule has 0 bridgehead atoms. The third-order valence-corrected chi connectivity index (χ3v) is 4.20. The number of benzene rings is 2. The first kappa shape index (κ1) is 19.7. The van der Waals surface area contributed by atoms with Crippen molar-refractivity contribution in [2.24, 2.45) is 0 Å². The van der Waals surface area contributed by atoms with E-state index >= 15 is 0 Å². The van der Waals surface area contributed by atoms with Crippen molar-refractivity contribution in [3.05, 3.63) is 58.1 Å². The predicted molar refractivity (Wildman–Crippen MR) is 103 cm³/mol. The second-order valence-corrected chi connectivity index (χ2v) is 6.39. The van der Waals surface area contributed by atoms with E-state index in [4.69, 9.17) is 14.6 Å². The van der Waals surface area contributed by atoms with E-state index in [0.29, 0.717) is 24.7 Å². The molecule has 0 aliphatic heterocycles. The van der Waals surface area contributed by atoms with Crippen LogP contribution in [0.15, 0.2) is 46.9 Å². The maximum atomic E-state index is 8.72. The average Bonchev–Trinajstić information content (AvgIpc) is 2.64. The Morgan fingerprint density at radius 2 is 1.76 bits per heavy atom. The summed E-state index contributed by atoms with van der Waals surface area (Å²) in [6.07, 6.45) is 0. The van der Waals surface area contributed by atoms with E-state index in [-0.39, 0.29) is 6.61 Å². The molecule has 0 fully saturated rings. The molecule has 0 spiro atoms. The normalized spacial score (nSPS) is 10.7. The van der Waals surface area contributed by atoms with Gasteiger partial charge in [-0.25, -0.2) is 0 Å². The third-order valence-electron chi connectivity index (χ3n) is 3.61. The van der Waals surface area contributed by atoms with E-state index in [1.165, 1.54) is 0 Å². The fourth-order valence-electron chi connectivity index (χ4n) is 2.36. The number of ether oxygens (including phenoxy) is 2. The van der Waals surface area contributed by atoms with Gasteiger partial charge in [-0.2, -0.15) is 0 Å². The number of aliphatic hydroxyl groups is 1. The molecule has 0 radical (unpaired) electrons. The van der Waals surface area contributed by atoms with Crippen molar-refractivity contribution in [2.45, 2.75) is 13.2 Å². The van der Waals surface area contributed by atoms with E-state index in [0.717, 1.165) is 35.2 Å². The van der Waals surface area contributed by atoms with Gasteiger partial charge in [0.25, 0.3) is 0 Å². The van der Waals surface area contributed by atoms with E-state index < -0.39 is 0 Å². The Balaban J connectivity index is 1.92. The summed E-state index contributed by atoms with van der Waals surface area (Å²) in [5, 5.41) is 15.2. The number of aliphatic hydroxyl groups excluding tert-OH is 1. The molecule has 0 aliphatic rings. The van der Waals surface area contributed by atoms with Crippen LogP contribution in [0.5, 0.6) is 11.5 Å². The summed E-state index contributed by atoms with van der Waals surface area (Å²) in [6, 6.07) is 14.1. The fraction of sp³-hybridized carbons (Fsp3) is 0.368. The van der Waals surface area contributed by atoms with E-state index in [9.17, 15) is 0 Å². The Morgan fingerprint density at radius 1 is 1.00 bits per heavy atom. The highest BCUT2D eigenvalue weighted by Gasteiger charge is 2.12. The highest BCUT2D eigenvalue weighted by molar-refractivity contribution is 9.10. The minimum absolute atomic E-state index is 0.161. The summed E-state index contributed by atoms with van der Waals surface area (Å²) in [7, 11) is 1.65. The zero-order valence-corrected chi connectivity index (χ0v) is 16.0. The van der Waals surface area contributed by atoms with Crippen LogP contribution in [0, 0.1) is 0 Å². The Labute approximate surface area is 157 Å². The smallest absolute Gasteiger partial charge is 0.175 e.